The highest BCUT2D eigenvalue weighted by Crippen LogP contribution is 2.19. The molecule has 2 nitrogen and oxygen atoms in total. The van der Waals surface area contributed by atoms with Crippen molar-refractivity contribution in [2.24, 2.45) is 5.92 Å². The van der Waals surface area contributed by atoms with Gasteiger partial charge in [0.2, 0.25) is 0 Å². The summed E-state index contributed by atoms with van der Waals surface area (Å²) in [6.45, 7) is 7.40. The van der Waals surface area contributed by atoms with Crippen molar-refractivity contribution in [2.75, 3.05) is 5.88 Å². The SMILES string of the molecule is CCc1cc(CC(CCl)Cc2ccccc2C)n(CC)n1. The standard InChI is InChI=1S/C18H25ClN2/c1-4-17-12-18(21(5-2)20-17)11-15(13-19)10-16-9-7-6-8-14(16)3/h6-9,12,15H,4-5,10-11,13H2,1-3H3. The Morgan fingerprint density at radius 2 is 1.95 bits per heavy atom. The molecule has 1 aromatic carbocycles. The first kappa shape index (κ1) is 16.1. The van der Waals surface area contributed by atoms with E-state index in [-0.39, 0.29) is 0 Å². The Morgan fingerprint density at radius 3 is 2.57 bits per heavy atom. The molecule has 0 bridgehead atoms. The highest BCUT2D eigenvalue weighted by molar-refractivity contribution is 6.18. The van der Waals surface area contributed by atoms with Crippen LogP contribution in [0.25, 0.3) is 0 Å². The second-order valence-electron chi connectivity index (χ2n) is 5.65. The molecule has 0 spiro atoms. The quantitative estimate of drug-likeness (QED) is 0.693. The van der Waals surface area contributed by atoms with Crippen LogP contribution >= 0.6 is 11.6 Å². The van der Waals surface area contributed by atoms with Crippen molar-refractivity contribution in [3.8, 4) is 0 Å². The minimum Gasteiger partial charge on any atom is -0.270 e. The summed E-state index contributed by atoms with van der Waals surface area (Å²) in [5.74, 6) is 1.14. The predicted octanol–water partition coefficient (Wildman–Crippen LogP) is 4.41. The number of nitrogens with zero attached hydrogens (tertiary/aromatic N) is 2. The Morgan fingerprint density at radius 1 is 1.19 bits per heavy atom. The van der Waals surface area contributed by atoms with Gasteiger partial charge in [0.15, 0.2) is 0 Å². The Balaban J connectivity index is 2.12. The zero-order valence-corrected chi connectivity index (χ0v) is 14.0. The Labute approximate surface area is 133 Å². The largest absolute Gasteiger partial charge is 0.270 e. The van der Waals surface area contributed by atoms with Crippen LogP contribution < -0.4 is 0 Å². The van der Waals surface area contributed by atoms with Gasteiger partial charge < -0.3 is 0 Å². The molecule has 0 amide bonds. The van der Waals surface area contributed by atoms with Crippen LogP contribution in [-0.4, -0.2) is 15.7 Å². The lowest BCUT2D eigenvalue weighted by molar-refractivity contribution is 0.530. The fourth-order valence-electron chi connectivity index (χ4n) is 2.75. The lowest BCUT2D eigenvalue weighted by Crippen LogP contribution is -2.14. The van der Waals surface area contributed by atoms with E-state index in [2.05, 4.69) is 60.9 Å². The van der Waals surface area contributed by atoms with Crippen molar-refractivity contribution in [3.05, 3.63) is 52.8 Å². The summed E-state index contributed by atoms with van der Waals surface area (Å²) in [5.41, 5.74) is 5.25. The van der Waals surface area contributed by atoms with E-state index in [4.69, 9.17) is 11.6 Å². The monoisotopic (exact) mass is 304 g/mol. The topological polar surface area (TPSA) is 17.8 Å². The van der Waals surface area contributed by atoms with Gasteiger partial charge in [0, 0.05) is 18.1 Å². The minimum atomic E-state index is 0.458. The first-order valence-electron chi connectivity index (χ1n) is 7.84. The molecule has 0 aliphatic heterocycles. The molecule has 2 rings (SSSR count). The zero-order chi connectivity index (χ0) is 15.2. The second-order valence-corrected chi connectivity index (χ2v) is 5.96. The molecule has 3 heteroatoms. The summed E-state index contributed by atoms with van der Waals surface area (Å²) in [6.07, 6.45) is 3.02. The fraction of sp³-hybridized carbons (Fsp3) is 0.500. The molecule has 0 saturated heterocycles. The summed E-state index contributed by atoms with van der Waals surface area (Å²) >= 11 is 6.23. The van der Waals surface area contributed by atoms with Gasteiger partial charge in [0.05, 0.1) is 5.69 Å². The maximum atomic E-state index is 6.23. The number of alkyl halides is 1. The molecule has 0 aliphatic carbocycles. The van der Waals surface area contributed by atoms with Crippen molar-refractivity contribution < 1.29 is 0 Å². The van der Waals surface area contributed by atoms with Gasteiger partial charge in [-0.3, -0.25) is 4.68 Å². The summed E-state index contributed by atoms with van der Waals surface area (Å²) in [5, 5.41) is 4.63. The van der Waals surface area contributed by atoms with Gasteiger partial charge >= 0.3 is 0 Å². The van der Waals surface area contributed by atoms with Gasteiger partial charge in [0.25, 0.3) is 0 Å². The number of aromatic nitrogens is 2. The summed E-state index contributed by atoms with van der Waals surface area (Å²) < 4.78 is 2.12. The smallest absolute Gasteiger partial charge is 0.0624 e. The third kappa shape index (κ3) is 4.10. The fourth-order valence-corrected chi connectivity index (χ4v) is 2.97. The Hall–Kier alpha value is -1.28. The van der Waals surface area contributed by atoms with E-state index in [1.165, 1.54) is 22.5 Å². The lowest BCUT2D eigenvalue weighted by atomic mass is 9.94. The molecule has 1 unspecified atom stereocenters. The molecule has 0 aliphatic rings. The first-order valence-corrected chi connectivity index (χ1v) is 8.37. The summed E-state index contributed by atoms with van der Waals surface area (Å²) in [7, 11) is 0. The van der Waals surface area contributed by atoms with Crippen molar-refractivity contribution >= 4 is 11.6 Å². The van der Waals surface area contributed by atoms with Gasteiger partial charge in [-0.25, -0.2) is 0 Å². The molecule has 21 heavy (non-hydrogen) atoms. The van der Waals surface area contributed by atoms with E-state index in [0.717, 1.165) is 25.8 Å². The number of benzene rings is 1. The highest BCUT2D eigenvalue weighted by atomic mass is 35.5. The molecule has 0 radical (unpaired) electrons. The van der Waals surface area contributed by atoms with E-state index in [1.807, 2.05) is 0 Å². The van der Waals surface area contributed by atoms with Gasteiger partial charge in [-0.15, -0.1) is 11.6 Å². The molecule has 1 atom stereocenters. The van der Waals surface area contributed by atoms with Gasteiger partial charge in [-0.05, 0) is 56.2 Å². The third-order valence-electron chi connectivity index (χ3n) is 4.06. The zero-order valence-electron chi connectivity index (χ0n) is 13.3. The highest BCUT2D eigenvalue weighted by Gasteiger charge is 2.14. The number of hydrogen-bond donors (Lipinski definition) is 0. The van der Waals surface area contributed by atoms with E-state index >= 15 is 0 Å². The van der Waals surface area contributed by atoms with E-state index < -0.39 is 0 Å². The van der Waals surface area contributed by atoms with Crippen molar-refractivity contribution in [3.63, 3.8) is 0 Å². The predicted molar refractivity (Wildman–Crippen MR) is 90.1 cm³/mol. The molecular weight excluding hydrogens is 280 g/mol. The normalized spacial score (nSPS) is 12.6. The van der Waals surface area contributed by atoms with Crippen LogP contribution in [0.15, 0.2) is 30.3 Å². The molecule has 0 saturated carbocycles. The van der Waals surface area contributed by atoms with Gasteiger partial charge in [-0.1, -0.05) is 31.2 Å². The molecule has 1 heterocycles. The third-order valence-corrected chi connectivity index (χ3v) is 4.50. The van der Waals surface area contributed by atoms with Gasteiger partial charge in [0.1, 0.15) is 0 Å². The Kier molecular flexibility index (Phi) is 5.86. The van der Waals surface area contributed by atoms with Crippen LogP contribution in [0, 0.1) is 12.8 Å². The average Bonchev–Trinajstić information content (AvgIpc) is 2.90. The number of aryl methyl sites for hydroxylation is 3. The summed E-state index contributed by atoms with van der Waals surface area (Å²) in [4.78, 5) is 0. The average molecular weight is 305 g/mol. The van der Waals surface area contributed by atoms with Gasteiger partial charge in [-0.2, -0.15) is 5.10 Å². The molecule has 2 aromatic rings. The molecule has 1 aromatic heterocycles. The second kappa shape index (κ2) is 7.65. The summed E-state index contributed by atoms with van der Waals surface area (Å²) in [6, 6.07) is 10.8. The lowest BCUT2D eigenvalue weighted by Gasteiger charge is -2.16. The van der Waals surface area contributed by atoms with E-state index in [0.29, 0.717) is 11.8 Å². The molecular formula is C18H25ClN2. The molecule has 114 valence electrons. The van der Waals surface area contributed by atoms with E-state index in [9.17, 15) is 0 Å². The van der Waals surface area contributed by atoms with Crippen LogP contribution in [0.3, 0.4) is 0 Å². The van der Waals surface area contributed by atoms with Crippen LogP contribution in [0.1, 0.15) is 36.4 Å². The van der Waals surface area contributed by atoms with Crippen molar-refractivity contribution in [1.82, 2.24) is 9.78 Å². The molecule has 0 fully saturated rings. The molecule has 0 N–H and O–H groups in total. The number of hydrogen-bond acceptors (Lipinski definition) is 1. The maximum Gasteiger partial charge on any atom is 0.0624 e. The maximum absolute atomic E-state index is 6.23. The van der Waals surface area contributed by atoms with E-state index in [1.54, 1.807) is 0 Å². The van der Waals surface area contributed by atoms with Crippen LogP contribution in [-0.2, 0) is 25.8 Å². The Bertz CT molecular complexity index is 574. The van der Waals surface area contributed by atoms with Crippen LogP contribution in [0.4, 0.5) is 0 Å². The van der Waals surface area contributed by atoms with Crippen molar-refractivity contribution in [2.45, 2.75) is 46.6 Å². The van der Waals surface area contributed by atoms with Crippen LogP contribution in [0.2, 0.25) is 0 Å². The van der Waals surface area contributed by atoms with Crippen molar-refractivity contribution in [1.29, 1.82) is 0 Å². The first-order chi connectivity index (χ1) is 10.2. The number of halogens is 1. The minimum absolute atomic E-state index is 0.458. The van der Waals surface area contributed by atoms with Crippen LogP contribution in [0.5, 0.6) is 0 Å². The number of rotatable bonds is 7.